The number of halogens is 3. The van der Waals surface area contributed by atoms with Crippen LogP contribution < -0.4 is 10.6 Å². The van der Waals surface area contributed by atoms with Crippen molar-refractivity contribution in [3.63, 3.8) is 0 Å². The number of aryl methyl sites for hydroxylation is 2. The number of alkyl halides is 3. The molecule has 0 unspecified atom stereocenters. The third-order valence-electron chi connectivity index (χ3n) is 6.17. The Balaban J connectivity index is 1.84. The van der Waals surface area contributed by atoms with E-state index in [2.05, 4.69) is 10.6 Å². The maximum Gasteiger partial charge on any atom is 0.416 e. The number of carbonyl (C=O) groups is 2. The highest BCUT2D eigenvalue weighted by molar-refractivity contribution is 5.96. The summed E-state index contributed by atoms with van der Waals surface area (Å²) in [5.74, 6) is -0.0417. The molecule has 3 aromatic rings. The Bertz CT molecular complexity index is 1350. The molecule has 0 bridgehead atoms. The molecule has 216 valence electrons. The third kappa shape index (κ3) is 8.08. The van der Waals surface area contributed by atoms with Crippen molar-refractivity contribution in [1.82, 2.24) is 14.7 Å². The fraction of sp³-hybridized carbons (Fsp3) is 0.414. The summed E-state index contributed by atoms with van der Waals surface area (Å²) in [6, 6.07) is 11.3. The van der Waals surface area contributed by atoms with Gasteiger partial charge in [-0.05, 0) is 50.1 Å². The monoisotopic (exact) mass is 559 g/mol. The Labute approximate surface area is 232 Å². The number of urea groups is 1. The van der Waals surface area contributed by atoms with Crippen LogP contribution in [0.5, 0.6) is 0 Å². The summed E-state index contributed by atoms with van der Waals surface area (Å²) in [5.41, 5.74) is 2.43. The normalized spacial score (nSPS) is 11.8. The van der Waals surface area contributed by atoms with Gasteiger partial charge in [-0.2, -0.15) is 18.3 Å². The first-order valence-electron chi connectivity index (χ1n) is 12.9. The molecular formula is C29H36F3N5O3. The van der Waals surface area contributed by atoms with Crippen LogP contribution >= 0.6 is 0 Å². The van der Waals surface area contributed by atoms with Crippen molar-refractivity contribution in [1.29, 1.82) is 0 Å². The number of carbonyl (C=O) groups excluding carboxylic acids is 2. The number of benzene rings is 2. The summed E-state index contributed by atoms with van der Waals surface area (Å²) in [6.45, 7) is 10.2. The molecule has 0 aliphatic carbocycles. The molecule has 0 aliphatic heterocycles. The molecule has 3 amide bonds. The smallest absolute Gasteiger partial charge is 0.385 e. The van der Waals surface area contributed by atoms with Crippen LogP contribution in [0.4, 0.5) is 29.5 Å². The van der Waals surface area contributed by atoms with E-state index in [1.54, 1.807) is 10.7 Å². The van der Waals surface area contributed by atoms with E-state index in [-0.39, 0.29) is 24.2 Å². The minimum absolute atomic E-state index is 0.0280. The van der Waals surface area contributed by atoms with Crippen molar-refractivity contribution in [2.75, 3.05) is 37.4 Å². The van der Waals surface area contributed by atoms with Gasteiger partial charge in [-0.3, -0.25) is 4.79 Å². The fourth-order valence-electron chi connectivity index (χ4n) is 4.05. The second-order valence-corrected chi connectivity index (χ2v) is 10.7. The lowest BCUT2D eigenvalue weighted by Gasteiger charge is -2.23. The highest BCUT2D eigenvalue weighted by atomic mass is 19.4. The Hall–Kier alpha value is -3.86. The van der Waals surface area contributed by atoms with Crippen molar-refractivity contribution in [2.45, 2.75) is 52.6 Å². The Kier molecular flexibility index (Phi) is 9.62. The second-order valence-electron chi connectivity index (χ2n) is 10.7. The molecule has 1 heterocycles. The van der Waals surface area contributed by atoms with Gasteiger partial charge >= 0.3 is 12.2 Å². The predicted molar refractivity (Wildman–Crippen MR) is 149 cm³/mol. The zero-order valence-electron chi connectivity index (χ0n) is 23.6. The molecule has 11 heteroatoms. The van der Waals surface area contributed by atoms with Crippen LogP contribution in [-0.2, 0) is 21.1 Å². The topological polar surface area (TPSA) is 88.5 Å². The lowest BCUT2D eigenvalue weighted by Crippen LogP contribution is -2.41. The summed E-state index contributed by atoms with van der Waals surface area (Å²) >= 11 is 0. The molecule has 2 N–H and O–H groups in total. The number of rotatable bonds is 9. The van der Waals surface area contributed by atoms with Gasteiger partial charge in [0.25, 0.3) is 0 Å². The van der Waals surface area contributed by atoms with Crippen LogP contribution in [0.2, 0.25) is 0 Å². The lowest BCUT2D eigenvalue weighted by molar-refractivity contribution is -0.137. The van der Waals surface area contributed by atoms with E-state index in [9.17, 15) is 22.8 Å². The van der Waals surface area contributed by atoms with E-state index in [0.717, 1.165) is 34.6 Å². The number of ether oxygens (including phenoxy) is 1. The van der Waals surface area contributed by atoms with E-state index in [1.165, 1.54) is 24.1 Å². The van der Waals surface area contributed by atoms with E-state index in [4.69, 9.17) is 9.84 Å². The maximum atomic E-state index is 13.2. The molecule has 0 aliphatic rings. The number of anilines is 2. The van der Waals surface area contributed by atoms with Gasteiger partial charge in [0.2, 0.25) is 5.91 Å². The van der Waals surface area contributed by atoms with Crippen LogP contribution in [0.25, 0.3) is 5.69 Å². The molecule has 0 saturated heterocycles. The molecule has 2 aromatic carbocycles. The van der Waals surface area contributed by atoms with Crippen LogP contribution in [0.15, 0.2) is 48.5 Å². The molecule has 3 rings (SSSR count). The first-order chi connectivity index (χ1) is 18.7. The minimum Gasteiger partial charge on any atom is -0.385 e. The second kappa shape index (κ2) is 12.5. The Morgan fingerprint density at radius 1 is 1.02 bits per heavy atom. The lowest BCUT2D eigenvalue weighted by atomic mass is 9.92. The summed E-state index contributed by atoms with van der Waals surface area (Å²) < 4.78 is 46.1. The number of hydrogen-bond acceptors (Lipinski definition) is 4. The molecule has 0 atom stereocenters. The number of methoxy groups -OCH3 is 1. The highest BCUT2D eigenvalue weighted by Gasteiger charge is 2.31. The summed E-state index contributed by atoms with van der Waals surface area (Å²) in [5, 5.41) is 10.1. The maximum absolute atomic E-state index is 13.2. The zero-order chi connectivity index (χ0) is 29.7. The van der Waals surface area contributed by atoms with Gasteiger partial charge in [-0.1, -0.05) is 44.5 Å². The quantitative estimate of drug-likeness (QED) is 0.301. The van der Waals surface area contributed by atoms with E-state index in [0.29, 0.717) is 18.8 Å². The largest absolute Gasteiger partial charge is 0.416 e. The fourth-order valence-corrected chi connectivity index (χ4v) is 4.05. The number of nitrogens with one attached hydrogen (secondary N) is 2. The first-order valence-corrected chi connectivity index (χ1v) is 12.9. The molecule has 0 spiro atoms. The van der Waals surface area contributed by atoms with Crippen LogP contribution in [0, 0.1) is 13.8 Å². The first kappa shape index (κ1) is 30.7. The predicted octanol–water partition coefficient (Wildman–Crippen LogP) is 6.31. The molecular weight excluding hydrogens is 523 g/mol. The molecule has 1 aromatic heterocycles. The Morgan fingerprint density at radius 2 is 1.75 bits per heavy atom. The number of nitrogens with zero attached hydrogens (tertiary/aromatic N) is 3. The average molecular weight is 560 g/mol. The van der Waals surface area contributed by atoms with Gasteiger partial charge in [-0.15, -0.1) is 0 Å². The summed E-state index contributed by atoms with van der Waals surface area (Å²) in [7, 11) is 1.51. The third-order valence-corrected chi connectivity index (χ3v) is 6.17. The number of hydrogen-bond donors (Lipinski definition) is 2. The molecule has 0 saturated carbocycles. The molecule has 0 fully saturated rings. The van der Waals surface area contributed by atoms with Crippen molar-refractivity contribution in [3.05, 3.63) is 70.9 Å². The van der Waals surface area contributed by atoms with Crippen LogP contribution in [0.1, 0.15) is 49.6 Å². The van der Waals surface area contributed by atoms with Crippen LogP contribution in [0.3, 0.4) is 0 Å². The van der Waals surface area contributed by atoms with Gasteiger partial charge in [0.05, 0.1) is 16.9 Å². The van der Waals surface area contributed by atoms with E-state index < -0.39 is 23.7 Å². The minimum atomic E-state index is -4.55. The number of aromatic nitrogens is 2. The zero-order valence-corrected chi connectivity index (χ0v) is 23.6. The van der Waals surface area contributed by atoms with Crippen molar-refractivity contribution < 1.29 is 27.5 Å². The molecule has 8 nitrogen and oxygen atoms in total. The Morgan fingerprint density at radius 3 is 2.38 bits per heavy atom. The van der Waals surface area contributed by atoms with Gasteiger partial charge < -0.3 is 20.3 Å². The van der Waals surface area contributed by atoms with Crippen LogP contribution in [-0.4, -0.2) is 53.4 Å². The van der Waals surface area contributed by atoms with Gasteiger partial charge in [0.15, 0.2) is 0 Å². The van der Waals surface area contributed by atoms with Gasteiger partial charge in [-0.25, -0.2) is 9.48 Å². The van der Waals surface area contributed by atoms with E-state index in [1.807, 2.05) is 52.8 Å². The SMILES string of the molecule is COCCCN(CC(=O)Nc1cc(C(C)(C)C)nn1-c1ccc(C)cc1C)C(=O)Nc1cccc(C(F)(F)F)c1. The summed E-state index contributed by atoms with van der Waals surface area (Å²) in [4.78, 5) is 27.5. The van der Waals surface area contributed by atoms with Crippen molar-refractivity contribution in [2.24, 2.45) is 0 Å². The average Bonchev–Trinajstić information content (AvgIpc) is 3.27. The summed E-state index contributed by atoms with van der Waals surface area (Å²) in [6.07, 6.45) is -4.13. The highest BCUT2D eigenvalue weighted by Crippen LogP contribution is 2.31. The molecule has 0 radical (unpaired) electrons. The van der Waals surface area contributed by atoms with Crippen molar-refractivity contribution >= 4 is 23.4 Å². The van der Waals surface area contributed by atoms with Gasteiger partial charge in [0.1, 0.15) is 12.4 Å². The van der Waals surface area contributed by atoms with E-state index >= 15 is 0 Å². The van der Waals surface area contributed by atoms with Gasteiger partial charge in [0, 0.05) is 37.4 Å². The standard InChI is InChI=1S/C29H36F3N5O3/c1-19-11-12-23(20(2)15-19)37-25(17-24(35-37)28(3,4)5)34-26(38)18-36(13-8-14-40-6)27(39)33-22-10-7-9-21(16-22)29(30,31)32/h7,9-12,15-17H,8,13-14,18H2,1-6H3,(H,33,39)(H,34,38). The molecule has 40 heavy (non-hydrogen) atoms. The number of amides is 3. The van der Waals surface area contributed by atoms with Crippen molar-refractivity contribution in [3.8, 4) is 5.69 Å².